The van der Waals surface area contributed by atoms with Crippen molar-refractivity contribution in [1.82, 2.24) is 13.8 Å². The van der Waals surface area contributed by atoms with Gasteiger partial charge in [0.1, 0.15) is 11.4 Å². The highest BCUT2D eigenvalue weighted by Crippen LogP contribution is 2.23. The van der Waals surface area contributed by atoms with Gasteiger partial charge in [-0.3, -0.25) is 9.59 Å². The van der Waals surface area contributed by atoms with Crippen LogP contribution in [0.2, 0.25) is 5.02 Å². The summed E-state index contributed by atoms with van der Waals surface area (Å²) in [5.74, 6) is -1.14. The lowest BCUT2D eigenvalue weighted by Crippen LogP contribution is -2.51. The molecule has 3 aromatic rings. The van der Waals surface area contributed by atoms with E-state index in [4.69, 9.17) is 11.6 Å². The molecule has 2 heterocycles. The van der Waals surface area contributed by atoms with E-state index in [9.17, 15) is 22.4 Å². The molecule has 172 valence electrons. The third kappa shape index (κ3) is 4.85. The summed E-state index contributed by atoms with van der Waals surface area (Å²) in [4.78, 5) is 27.3. The predicted octanol–water partition coefficient (Wildman–Crippen LogP) is 2.84. The molecule has 0 aliphatic carbocycles. The van der Waals surface area contributed by atoms with E-state index in [2.05, 4.69) is 0 Å². The summed E-state index contributed by atoms with van der Waals surface area (Å²) in [5, 5.41) is -0.277. The van der Waals surface area contributed by atoms with Crippen molar-refractivity contribution in [3.63, 3.8) is 0 Å². The predicted molar refractivity (Wildman–Crippen MR) is 122 cm³/mol. The Kier molecular flexibility index (Phi) is 6.64. The highest BCUT2D eigenvalue weighted by molar-refractivity contribution is 7.89. The minimum absolute atomic E-state index is 0.0371. The number of rotatable bonds is 5. The first-order valence-corrected chi connectivity index (χ1v) is 12.1. The summed E-state index contributed by atoms with van der Waals surface area (Å²) in [6, 6.07) is 15.8. The Balaban J connectivity index is 1.47. The Morgan fingerprint density at radius 3 is 2.33 bits per heavy atom. The van der Waals surface area contributed by atoms with Crippen molar-refractivity contribution in [1.29, 1.82) is 0 Å². The van der Waals surface area contributed by atoms with E-state index >= 15 is 0 Å². The molecule has 0 saturated carbocycles. The molecule has 1 aliphatic rings. The van der Waals surface area contributed by atoms with Crippen LogP contribution in [0.4, 0.5) is 4.39 Å². The van der Waals surface area contributed by atoms with Crippen LogP contribution in [0.1, 0.15) is 15.9 Å². The van der Waals surface area contributed by atoms with Crippen LogP contribution in [-0.4, -0.2) is 54.3 Å². The maximum absolute atomic E-state index is 13.4. The van der Waals surface area contributed by atoms with Gasteiger partial charge in [0.2, 0.25) is 10.0 Å². The first-order chi connectivity index (χ1) is 15.8. The van der Waals surface area contributed by atoms with Crippen LogP contribution in [0.25, 0.3) is 0 Å². The number of aromatic nitrogens is 1. The molecule has 1 amide bonds. The van der Waals surface area contributed by atoms with Gasteiger partial charge in [0.25, 0.3) is 11.5 Å². The zero-order valence-electron chi connectivity index (χ0n) is 17.5. The van der Waals surface area contributed by atoms with Crippen LogP contribution < -0.4 is 5.56 Å². The number of hydrogen-bond donors (Lipinski definition) is 0. The van der Waals surface area contributed by atoms with Gasteiger partial charge in [-0.2, -0.15) is 4.31 Å². The van der Waals surface area contributed by atoms with Crippen LogP contribution in [-0.2, 0) is 16.6 Å². The normalized spacial score (nSPS) is 14.9. The van der Waals surface area contributed by atoms with Crippen molar-refractivity contribution in [3.8, 4) is 0 Å². The molecule has 7 nitrogen and oxygen atoms in total. The van der Waals surface area contributed by atoms with Gasteiger partial charge in [-0.05, 0) is 35.9 Å². The van der Waals surface area contributed by atoms with Crippen molar-refractivity contribution < 1.29 is 17.6 Å². The number of carbonyl (C=O) groups excluding carboxylic acids is 1. The molecule has 10 heteroatoms. The summed E-state index contributed by atoms with van der Waals surface area (Å²) in [6.45, 7) is 0.690. The second kappa shape index (κ2) is 9.46. The van der Waals surface area contributed by atoms with Crippen LogP contribution in [0, 0.1) is 5.82 Å². The van der Waals surface area contributed by atoms with Crippen LogP contribution in [0.3, 0.4) is 0 Å². The van der Waals surface area contributed by atoms with Gasteiger partial charge in [-0.15, -0.1) is 0 Å². The maximum atomic E-state index is 13.4. The molecule has 0 radical (unpaired) electrons. The molecule has 0 unspecified atom stereocenters. The molecule has 2 aromatic carbocycles. The lowest BCUT2D eigenvalue weighted by molar-refractivity contribution is 0.0695. The number of amides is 1. The molecule has 0 bridgehead atoms. The zero-order valence-corrected chi connectivity index (χ0v) is 19.1. The largest absolute Gasteiger partial charge is 0.336 e. The lowest BCUT2D eigenvalue weighted by atomic mass is 10.2. The van der Waals surface area contributed by atoms with E-state index in [-0.39, 0.29) is 41.7 Å². The molecule has 33 heavy (non-hydrogen) atoms. The molecular formula is C23H21ClFN3O4S. The molecule has 1 aliphatic heterocycles. The van der Waals surface area contributed by atoms with Crippen molar-refractivity contribution in [2.75, 3.05) is 26.2 Å². The van der Waals surface area contributed by atoms with Crippen molar-refractivity contribution >= 4 is 27.5 Å². The molecule has 0 atom stereocenters. The number of carbonyl (C=O) groups is 1. The van der Waals surface area contributed by atoms with Gasteiger partial charge in [0, 0.05) is 32.4 Å². The average molecular weight is 490 g/mol. The van der Waals surface area contributed by atoms with Crippen LogP contribution in [0.15, 0.2) is 76.6 Å². The Morgan fingerprint density at radius 2 is 1.67 bits per heavy atom. The van der Waals surface area contributed by atoms with Gasteiger partial charge in [-0.1, -0.05) is 41.9 Å². The standard InChI is InChI=1S/C23H21ClFN3O4S/c24-20-15-18(8-9-21(20)25)33(31,32)28-13-11-26(12-14-28)22(29)19-7-4-10-27(23(19)30)16-17-5-2-1-3-6-17/h1-10,15H,11-14,16H2. The summed E-state index contributed by atoms with van der Waals surface area (Å²) in [5.41, 5.74) is 0.571. The summed E-state index contributed by atoms with van der Waals surface area (Å²) in [7, 11) is -3.89. The van der Waals surface area contributed by atoms with Crippen molar-refractivity contribution in [3.05, 3.63) is 99.2 Å². The molecule has 1 fully saturated rings. The fraction of sp³-hybridized carbons (Fsp3) is 0.217. The quantitative estimate of drug-likeness (QED) is 0.552. The summed E-state index contributed by atoms with van der Waals surface area (Å²) >= 11 is 5.73. The molecule has 4 rings (SSSR count). The lowest BCUT2D eigenvalue weighted by Gasteiger charge is -2.34. The van der Waals surface area contributed by atoms with E-state index in [0.29, 0.717) is 6.54 Å². The third-order valence-corrected chi connectivity index (χ3v) is 7.69. The number of halogens is 2. The second-order valence-electron chi connectivity index (χ2n) is 7.61. The molecule has 1 aromatic heterocycles. The second-order valence-corrected chi connectivity index (χ2v) is 9.96. The molecule has 0 spiro atoms. The smallest absolute Gasteiger partial charge is 0.263 e. The van der Waals surface area contributed by atoms with Gasteiger partial charge in [0.05, 0.1) is 16.5 Å². The van der Waals surface area contributed by atoms with Crippen LogP contribution >= 0.6 is 11.6 Å². The van der Waals surface area contributed by atoms with E-state index in [1.54, 1.807) is 12.3 Å². The summed E-state index contributed by atoms with van der Waals surface area (Å²) < 4.78 is 41.8. The Morgan fingerprint density at radius 1 is 0.970 bits per heavy atom. The van der Waals surface area contributed by atoms with Crippen LogP contribution in [0.5, 0.6) is 0 Å². The number of sulfonamides is 1. The number of benzene rings is 2. The number of hydrogen-bond acceptors (Lipinski definition) is 4. The fourth-order valence-electron chi connectivity index (χ4n) is 3.69. The Bertz CT molecular complexity index is 1340. The van der Waals surface area contributed by atoms with E-state index < -0.39 is 27.3 Å². The topological polar surface area (TPSA) is 79.7 Å². The fourth-order valence-corrected chi connectivity index (χ4v) is 5.39. The average Bonchev–Trinajstić information content (AvgIpc) is 2.82. The van der Waals surface area contributed by atoms with Gasteiger partial charge < -0.3 is 9.47 Å². The number of piperazine rings is 1. The Labute approximate surface area is 195 Å². The number of pyridine rings is 1. The molecule has 0 N–H and O–H groups in total. The SMILES string of the molecule is O=C(c1cccn(Cc2ccccc2)c1=O)N1CCN(S(=O)(=O)c2ccc(F)c(Cl)c2)CC1. The highest BCUT2D eigenvalue weighted by atomic mass is 35.5. The minimum Gasteiger partial charge on any atom is -0.336 e. The highest BCUT2D eigenvalue weighted by Gasteiger charge is 2.31. The molecule has 1 saturated heterocycles. The zero-order chi connectivity index (χ0) is 23.6. The van der Waals surface area contributed by atoms with Crippen molar-refractivity contribution in [2.24, 2.45) is 0 Å². The minimum atomic E-state index is -3.89. The van der Waals surface area contributed by atoms with E-state index in [0.717, 1.165) is 23.8 Å². The first-order valence-electron chi connectivity index (χ1n) is 10.3. The number of nitrogens with zero attached hydrogens (tertiary/aromatic N) is 3. The van der Waals surface area contributed by atoms with Gasteiger partial charge >= 0.3 is 0 Å². The van der Waals surface area contributed by atoms with Gasteiger partial charge in [-0.25, -0.2) is 12.8 Å². The van der Waals surface area contributed by atoms with Crippen molar-refractivity contribution in [2.45, 2.75) is 11.4 Å². The van der Waals surface area contributed by atoms with E-state index in [1.165, 1.54) is 19.8 Å². The first kappa shape index (κ1) is 23.2. The van der Waals surface area contributed by atoms with Gasteiger partial charge in [0.15, 0.2) is 0 Å². The third-order valence-electron chi connectivity index (χ3n) is 5.50. The van der Waals surface area contributed by atoms with E-state index in [1.807, 2.05) is 30.3 Å². The Hall–Kier alpha value is -3.01. The summed E-state index contributed by atoms with van der Waals surface area (Å²) in [6.07, 6.45) is 1.63. The molecular weight excluding hydrogens is 469 g/mol. The monoisotopic (exact) mass is 489 g/mol. The maximum Gasteiger partial charge on any atom is 0.263 e.